The average molecular weight is 312 g/mol. The zero-order valence-corrected chi connectivity index (χ0v) is 14.0. The Labute approximate surface area is 137 Å². The van der Waals surface area contributed by atoms with Gasteiger partial charge in [0.2, 0.25) is 0 Å². The Morgan fingerprint density at radius 1 is 1.00 bits per heavy atom. The van der Waals surface area contributed by atoms with E-state index in [2.05, 4.69) is 43.5 Å². The van der Waals surface area contributed by atoms with Crippen molar-refractivity contribution in [3.63, 3.8) is 0 Å². The minimum Gasteiger partial charge on any atom is -0.388 e. The number of hydrogen-bond acceptors (Lipinski definition) is 6. The number of hydrogen-bond donors (Lipinski definition) is 2. The molecule has 1 aliphatic heterocycles. The zero-order valence-electron chi connectivity index (χ0n) is 14.0. The number of benzene rings is 1. The molecule has 2 aromatic rings. The molecule has 6 nitrogen and oxygen atoms in total. The van der Waals surface area contributed by atoms with Crippen molar-refractivity contribution in [3.8, 4) is 0 Å². The van der Waals surface area contributed by atoms with Crippen LogP contribution in [-0.4, -0.2) is 55.1 Å². The average Bonchev–Trinajstić information content (AvgIpc) is 2.55. The lowest BCUT2D eigenvalue weighted by molar-refractivity contribution is 0.312. The summed E-state index contributed by atoms with van der Waals surface area (Å²) in [7, 11) is 4.07. The number of rotatable bonds is 4. The van der Waals surface area contributed by atoms with Gasteiger partial charge >= 0.3 is 0 Å². The number of anilines is 4. The van der Waals surface area contributed by atoms with Crippen LogP contribution >= 0.6 is 0 Å². The molecule has 6 heteroatoms. The maximum atomic E-state index is 4.60. The first-order chi connectivity index (χ1) is 11.1. The van der Waals surface area contributed by atoms with Gasteiger partial charge in [-0.05, 0) is 32.2 Å². The van der Waals surface area contributed by atoms with Crippen molar-refractivity contribution in [2.24, 2.45) is 0 Å². The smallest absolute Gasteiger partial charge is 0.136 e. The van der Waals surface area contributed by atoms with Gasteiger partial charge in [-0.1, -0.05) is 6.07 Å². The maximum absolute atomic E-state index is 4.60. The van der Waals surface area contributed by atoms with Crippen LogP contribution in [0.2, 0.25) is 0 Å². The van der Waals surface area contributed by atoms with E-state index >= 15 is 0 Å². The number of likely N-dealkylation sites (N-methyl/N-ethyl adjacent to an activating group) is 1. The van der Waals surface area contributed by atoms with Gasteiger partial charge in [-0.3, -0.25) is 0 Å². The van der Waals surface area contributed by atoms with Gasteiger partial charge in [0.1, 0.15) is 17.5 Å². The lowest BCUT2D eigenvalue weighted by Crippen LogP contribution is -2.44. The summed E-state index contributed by atoms with van der Waals surface area (Å²) < 4.78 is 0. The van der Waals surface area contributed by atoms with E-state index in [4.69, 9.17) is 0 Å². The van der Waals surface area contributed by atoms with Crippen molar-refractivity contribution in [2.45, 2.75) is 6.92 Å². The molecule has 122 valence electrons. The van der Waals surface area contributed by atoms with Gasteiger partial charge < -0.3 is 20.4 Å². The van der Waals surface area contributed by atoms with E-state index in [1.165, 1.54) is 0 Å². The molecule has 1 saturated heterocycles. The third kappa shape index (κ3) is 3.90. The summed E-state index contributed by atoms with van der Waals surface area (Å²) in [4.78, 5) is 13.8. The summed E-state index contributed by atoms with van der Waals surface area (Å²) in [5.41, 5.74) is 2.08. The van der Waals surface area contributed by atoms with Crippen LogP contribution in [0.4, 0.5) is 23.0 Å². The molecule has 0 amide bonds. The van der Waals surface area contributed by atoms with E-state index in [0.717, 1.165) is 55.0 Å². The zero-order chi connectivity index (χ0) is 16.2. The highest BCUT2D eigenvalue weighted by Gasteiger charge is 2.16. The fourth-order valence-electron chi connectivity index (χ4n) is 2.71. The Kier molecular flexibility index (Phi) is 4.62. The van der Waals surface area contributed by atoms with Crippen molar-refractivity contribution >= 4 is 23.0 Å². The molecule has 0 saturated carbocycles. The predicted octanol–water partition coefficient (Wildman–Crippen LogP) is 2.32. The molecule has 1 fully saturated rings. The molecule has 23 heavy (non-hydrogen) atoms. The Morgan fingerprint density at radius 2 is 1.74 bits per heavy atom. The van der Waals surface area contributed by atoms with Gasteiger partial charge in [-0.25, -0.2) is 9.97 Å². The van der Waals surface area contributed by atoms with E-state index in [-0.39, 0.29) is 0 Å². The van der Waals surface area contributed by atoms with Gasteiger partial charge in [0, 0.05) is 50.7 Å². The van der Waals surface area contributed by atoms with Gasteiger partial charge in [-0.15, -0.1) is 0 Å². The minimum atomic E-state index is 0.786. The first-order valence-corrected chi connectivity index (χ1v) is 7.98. The predicted molar refractivity (Wildman–Crippen MR) is 95.8 cm³/mol. The summed E-state index contributed by atoms with van der Waals surface area (Å²) in [5.74, 6) is 2.62. The fourth-order valence-corrected chi connectivity index (χ4v) is 2.71. The lowest BCUT2D eigenvalue weighted by Gasteiger charge is -2.33. The Bertz CT molecular complexity index is 664. The van der Waals surface area contributed by atoms with Crippen LogP contribution in [0.1, 0.15) is 5.82 Å². The topological polar surface area (TPSA) is 56.3 Å². The fraction of sp³-hybridized carbons (Fsp3) is 0.412. The first-order valence-electron chi connectivity index (χ1n) is 7.98. The standard InChI is InChI=1S/C17H24N6/c1-13-19-16(21-15-6-4-5-14(11-15)18-2)12-17(20-13)23-9-7-22(3)8-10-23/h4-6,11-12,18H,7-10H2,1-3H3,(H,19,20,21). The molecule has 0 aliphatic carbocycles. The van der Waals surface area contributed by atoms with Crippen LogP contribution in [0.25, 0.3) is 0 Å². The van der Waals surface area contributed by atoms with E-state index in [0.29, 0.717) is 0 Å². The van der Waals surface area contributed by atoms with E-state index in [1.807, 2.05) is 38.2 Å². The second-order valence-electron chi connectivity index (χ2n) is 5.90. The molecule has 0 atom stereocenters. The van der Waals surface area contributed by atoms with Crippen molar-refractivity contribution in [2.75, 3.05) is 55.8 Å². The van der Waals surface area contributed by atoms with Crippen LogP contribution in [0, 0.1) is 6.92 Å². The summed E-state index contributed by atoms with van der Waals surface area (Å²) in [6.07, 6.45) is 0. The Morgan fingerprint density at radius 3 is 2.48 bits per heavy atom. The SMILES string of the molecule is CNc1cccc(Nc2cc(N3CCN(C)CC3)nc(C)n2)c1. The summed E-state index contributed by atoms with van der Waals surface area (Å²) in [5, 5.41) is 6.53. The molecule has 2 N–H and O–H groups in total. The molecule has 0 radical (unpaired) electrons. The molecule has 0 bridgehead atoms. The van der Waals surface area contributed by atoms with Gasteiger partial charge in [0.05, 0.1) is 0 Å². The van der Waals surface area contributed by atoms with Crippen LogP contribution in [0.3, 0.4) is 0 Å². The number of aryl methyl sites for hydroxylation is 1. The normalized spacial score (nSPS) is 15.5. The molecule has 1 aromatic heterocycles. The minimum absolute atomic E-state index is 0.786. The van der Waals surface area contributed by atoms with E-state index < -0.39 is 0 Å². The van der Waals surface area contributed by atoms with Crippen LogP contribution in [-0.2, 0) is 0 Å². The van der Waals surface area contributed by atoms with Crippen molar-refractivity contribution in [3.05, 3.63) is 36.2 Å². The van der Waals surface area contributed by atoms with Gasteiger partial charge in [-0.2, -0.15) is 0 Å². The summed E-state index contributed by atoms with van der Waals surface area (Å²) in [6.45, 7) is 6.07. The third-order valence-electron chi connectivity index (χ3n) is 4.08. The number of aromatic nitrogens is 2. The molecule has 2 heterocycles. The van der Waals surface area contributed by atoms with Crippen LogP contribution in [0.15, 0.2) is 30.3 Å². The number of nitrogens with one attached hydrogen (secondary N) is 2. The third-order valence-corrected chi connectivity index (χ3v) is 4.08. The highest BCUT2D eigenvalue weighted by molar-refractivity contribution is 5.64. The largest absolute Gasteiger partial charge is 0.388 e. The second-order valence-corrected chi connectivity index (χ2v) is 5.90. The van der Waals surface area contributed by atoms with Crippen LogP contribution < -0.4 is 15.5 Å². The number of piperazine rings is 1. The van der Waals surface area contributed by atoms with E-state index in [9.17, 15) is 0 Å². The molecule has 1 aromatic carbocycles. The quantitative estimate of drug-likeness (QED) is 0.904. The van der Waals surface area contributed by atoms with Crippen molar-refractivity contribution in [1.29, 1.82) is 0 Å². The molecular weight excluding hydrogens is 288 g/mol. The summed E-state index contributed by atoms with van der Waals surface area (Å²) in [6, 6.07) is 10.2. The summed E-state index contributed by atoms with van der Waals surface area (Å²) >= 11 is 0. The van der Waals surface area contributed by atoms with Gasteiger partial charge in [0.25, 0.3) is 0 Å². The molecule has 0 unspecified atom stereocenters. The molecule has 1 aliphatic rings. The van der Waals surface area contributed by atoms with E-state index in [1.54, 1.807) is 0 Å². The molecule has 0 spiro atoms. The molecular formula is C17H24N6. The first kappa shape index (κ1) is 15.6. The van der Waals surface area contributed by atoms with Crippen molar-refractivity contribution in [1.82, 2.24) is 14.9 Å². The highest BCUT2D eigenvalue weighted by Crippen LogP contribution is 2.22. The van der Waals surface area contributed by atoms with Gasteiger partial charge in [0.15, 0.2) is 0 Å². The Balaban J connectivity index is 1.79. The maximum Gasteiger partial charge on any atom is 0.136 e. The lowest BCUT2D eigenvalue weighted by atomic mass is 10.2. The second kappa shape index (κ2) is 6.83. The Hall–Kier alpha value is -2.34. The van der Waals surface area contributed by atoms with Crippen molar-refractivity contribution < 1.29 is 0 Å². The highest BCUT2D eigenvalue weighted by atomic mass is 15.3. The van der Waals surface area contributed by atoms with Crippen LogP contribution in [0.5, 0.6) is 0 Å². The molecule has 3 rings (SSSR count). The monoisotopic (exact) mass is 312 g/mol. The number of nitrogens with zero attached hydrogens (tertiary/aromatic N) is 4.